The van der Waals surface area contributed by atoms with Gasteiger partial charge in [0, 0.05) is 5.56 Å². The normalized spacial score (nSPS) is 11.4. The predicted octanol–water partition coefficient (Wildman–Crippen LogP) is 6.90. The lowest BCUT2D eigenvalue weighted by atomic mass is 10.0. The summed E-state index contributed by atoms with van der Waals surface area (Å²) in [5, 5.41) is 0. The number of allylic oxidation sites excluding steroid dienone is 1. The van der Waals surface area contributed by atoms with Crippen LogP contribution in [0.4, 0.5) is 0 Å². The van der Waals surface area contributed by atoms with Gasteiger partial charge in [-0.15, -0.1) is 0 Å². The summed E-state index contributed by atoms with van der Waals surface area (Å²) in [6.07, 6.45) is 6.35. The Morgan fingerprint density at radius 1 is 0.935 bits per heavy atom. The molecular formula is C27H36O4. The maximum Gasteiger partial charge on any atom is 0.185 e. The molecule has 168 valence electrons. The molecule has 0 heterocycles. The summed E-state index contributed by atoms with van der Waals surface area (Å²) in [5.41, 5.74) is 2.65. The quantitative estimate of drug-likeness (QED) is 0.275. The molecule has 0 radical (unpaired) electrons. The van der Waals surface area contributed by atoms with Crippen molar-refractivity contribution in [1.82, 2.24) is 0 Å². The predicted molar refractivity (Wildman–Crippen MR) is 128 cm³/mol. The van der Waals surface area contributed by atoms with E-state index in [2.05, 4.69) is 19.9 Å². The number of ether oxygens (including phenoxy) is 3. The Labute approximate surface area is 187 Å². The fourth-order valence-electron chi connectivity index (χ4n) is 3.15. The Hall–Kier alpha value is -2.75. The first-order valence-corrected chi connectivity index (χ1v) is 11.3. The van der Waals surface area contributed by atoms with Crippen LogP contribution in [-0.2, 0) is 6.42 Å². The van der Waals surface area contributed by atoms with Crippen molar-refractivity contribution in [1.29, 1.82) is 0 Å². The first kappa shape index (κ1) is 24.5. The minimum atomic E-state index is -0.0482. The first-order valence-electron chi connectivity index (χ1n) is 11.3. The van der Waals surface area contributed by atoms with Gasteiger partial charge in [-0.3, -0.25) is 4.79 Å². The Morgan fingerprint density at radius 3 is 2.19 bits per heavy atom. The number of hydrogen-bond donors (Lipinski definition) is 0. The molecule has 4 heteroatoms. The Balaban J connectivity index is 2.28. The van der Waals surface area contributed by atoms with Gasteiger partial charge in [-0.05, 0) is 94.1 Å². The number of hydrogen-bond acceptors (Lipinski definition) is 4. The van der Waals surface area contributed by atoms with Crippen molar-refractivity contribution in [2.45, 2.75) is 73.0 Å². The largest absolute Gasteiger partial charge is 0.494 e. The van der Waals surface area contributed by atoms with Crippen molar-refractivity contribution >= 4 is 11.9 Å². The molecule has 4 nitrogen and oxygen atoms in total. The monoisotopic (exact) mass is 424 g/mol. The zero-order valence-electron chi connectivity index (χ0n) is 19.7. The summed E-state index contributed by atoms with van der Waals surface area (Å²) < 4.78 is 17.7. The van der Waals surface area contributed by atoms with Crippen molar-refractivity contribution in [3.63, 3.8) is 0 Å². The van der Waals surface area contributed by atoms with Crippen LogP contribution in [0.2, 0.25) is 0 Å². The van der Waals surface area contributed by atoms with E-state index in [1.807, 2.05) is 52.0 Å². The van der Waals surface area contributed by atoms with Crippen LogP contribution >= 0.6 is 0 Å². The standard InChI is InChI=1S/C27H36O4/c1-7-9-23-17-21(18-26(30-19(3)4)27(23)31-20(5)6)10-15-25(28)22-11-13-24(14-12-22)29-16-8-2/h10-15,17-20H,7-9,16H2,1-6H3/b15-10+. The van der Waals surface area contributed by atoms with Crippen molar-refractivity contribution in [3.05, 3.63) is 59.2 Å². The zero-order valence-corrected chi connectivity index (χ0v) is 19.7. The molecule has 0 aromatic heterocycles. The summed E-state index contributed by atoms with van der Waals surface area (Å²) in [7, 11) is 0. The van der Waals surface area contributed by atoms with Gasteiger partial charge < -0.3 is 14.2 Å². The molecule has 0 saturated heterocycles. The van der Waals surface area contributed by atoms with E-state index in [0.29, 0.717) is 12.2 Å². The van der Waals surface area contributed by atoms with E-state index in [-0.39, 0.29) is 18.0 Å². The SMILES string of the molecule is CCCOc1ccc(C(=O)/C=C/c2cc(CCC)c(OC(C)C)c(OC(C)C)c2)cc1. The van der Waals surface area contributed by atoms with Crippen LogP contribution in [0.5, 0.6) is 17.2 Å². The molecular weight excluding hydrogens is 388 g/mol. The summed E-state index contributed by atoms with van der Waals surface area (Å²) >= 11 is 0. The molecule has 0 bridgehead atoms. The molecule has 0 aliphatic heterocycles. The van der Waals surface area contributed by atoms with Crippen molar-refractivity contribution in [3.8, 4) is 17.2 Å². The molecule has 0 N–H and O–H groups in total. The van der Waals surface area contributed by atoms with E-state index in [9.17, 15) is 4.79 Å². The van der Waals surface area contributed by atoms with Crippen molar-refractivity contribution < 1.29 is 19.0 Å². The van der Waals surface area contributed by atoms with E-state index in [1.165, 1.54) is 0 Å². The topological polar surface area (TPSA) is 44.8 Å². The van der Waals surface area contributed by atoms with Crippen LogP contribution in [0.15, 0.2) is 42.5 Å². The molecule has 0 unspecified atom stereocenters. The van der Waals surface area contributed by atoms with E-state index < -0.39 is 0 Å². The summed E-state index contributed by atoms with van der Waals surface area (Å²) in [6.45, 7) is 12.9. The zero-order chi connectivity index (χ0) is 22.8. The van der Waals surface area contributed by atoms with Crippen molar-refractivity contribution in [2.24, 2.45) is 0 Å². The average Bonchev–Trinajstić information content (AvgIpc) is 2.72. The lowest BCUT2D eigenvalue weighted by molar-refractivity contribution is 0.104. The molecule has 0 aliphatic carbocycles. The fraction of sp³-hybridized carbons (Fsp3) is 0.444. The highest BCUT2D eigenvalue weighted by Crippen LogP contribution is 2.36. The Kier molecular flexibility index (Phi) is 9.64. The van der Waals surface area contributed by atoms with Crippen LogP contribution in [0, 0.1) is 0 Å². The third-order valence-electron chi connectivity index (χ3n) is 4.43. The minimum Gasteiger partial charge on any atom is -0.494 e. The Morgan fingerprint density at radius 2 is 1.61 bits per heavy atom. The second kappa shape index (κ2) is 12.2. The smallest absolute Gasteiger partial charge is 0.185 e. The van der Waals surface area contributed by atoms with Gasteiger partial charge in [0.15, 0.2) is 17.3 Å². The molecule has 0 amide bonds. The molecule has 0 aliphatic rings. The third kappa shape index (κ3) is 7.78. The number of aryl methyl sites for hydroxylation is 1. The van der Waals surface area contributed by atoms with Gasteiger partial charge in [0.05, 0.1) is 18.8 Å². The summed E-state index contributed by atoms with van der Waals surface area (Å²) in [4.78, 5) is 12.6. The van der Waals surface area contributed by atoms with E-state index >= 15 is 0 Å². The maximum atomic E-state index is 12.6. The number of carbonyl (C=O) groups excluding carboxylic acids is 1. The van der Waals surface area contributed by atoms with E-state index in [4.69, 9.17) is 14.2 Å². The van der Waals surface area contributed by atoms with Crippen LogP contribution in [-0.4, -0.2) is 24.6 Å². The maximum absolute atomic E-state index is 12.6. The van der Waals surface area contributed by atoms with E-state index in [0.717, 1.165) is 47.6 Å². The molecule has 31 heavy (non-hydrogen) atoms. The van der Waals surface area contributed by atoms with E-state index in [1.54, 1.807) is 18.2 Å². The molecule has 0 fully saturated rings. The van der Waals surface area contributed by atoms with Gasteiger partial charge in [-0.2, -0.15) is 0 Å². The highest BCUT2D eigenvalue weighted by Gasteiger charge is 2.15. The molecule has 0 saturated carbocycles. The van der Waals surface area contributed by atoms with Gasteiger partial charge in [-0.25, -0.2) is 0 Å². The number of rotatable bonds is 12. The molecule has 0 atom stereocenters. The highest BCUT2D eigenvalue weighted by molar-refractivity contribution is 6.06. The van der Waals surface area contributed by atoms with Gasteiger partial charge >= 0.3 is 0 Å². The van der Waals surface area contributed by atoms with Crippen LogP contribution in [0.3, 0.4) is 0 Å². The fourth-order valence-corrected chi connectivity index (χ4v) is 3.15. The molecule has 2 aromatic rings. The van der Waals surface area contributed by atoms with Crippen LogP contribution < -0.4 is 14.2 Å². The lowest BCUT2D eigenvalue weighted by Crippen LogP contribution is -2.12. The minimum absolute atomic E-state index is 0.0262. The Bertz CT molecular complexity index is 864. The first-order chi connectivity index (χ1) is 14.8. The van der Waals surface area contributed by atoms with Crippen LogP contribution in [0.1, 0.15) is 75.9 Å². The summed E-state index contributed by atoms with van der Waals surface area (Å²) in [5.74, 6) is 2.26. The van der Waals surface area contributed by atoms with Gasteiger partial charge in [0.1, 0.15) is 5.75 Å². The number of carbonyl (C=O) groups is 1. The van der Waals surface area contributed by atoms with Gasteiger partial charge in [0.2, 0.25) is 0 Å². The lowest BCUT2D eigenvalue weighted by Gasteiger charge is -2.21. The molecule has 2 rings (SSSR count). The third-order valence-corrected chi connectivity index (χ3v) is 4.43. The molecule has 2 aromatic carbocycles. The van der Waals surface area contributed by atoms with Gasteiger partial charge in [0.25, 0.3) is 0 Å². The van der Waals surface area contributed by atoms with Crippen LogP contribution in [0.25, 0.3) is 6.08 Å². The second-order valence-corrected chi connectivity index (χ2v) is 8.16. The average molecular weight is 425 g/mol. The van der Waals surface area contributed by atoms with Gasteiger partial charge in [-0.1, -0.05) is 26.3 Å². The number of ketones is 1. The number of benzene rings is 2. The highest BCUT2D eigenvalue weighted by atomic mass is 16.5. The summed E-state index contributed by atoms with van der Waals surface area (Å²) in [6, 6.07) is 11.3. The molecule has 0 spiro atoms. The van der Waals surface area contributed by atoms with Crippen molar-refractivity contribution in [2.75, 3.05) is 6.61 Å². The second-order valence-electron chi connectivity index (χ2n) is 8.16.